The highest BCUT2D eigenvalue weighted by Gasteiger charge is 2.19. The van der Waals surface area contributed by atoms with Crippen molar-refractivity contribution >= 4 is 11.6 Å². The van der Waals surface area contributed by atoms with E-state index in [0.717, 1.165) is 5.56 Å². The highest BCUT2D eigenvalue weighted by molar-refractivity contribution is 6.04. The molecule has 0 aliphatic carbocycles. The minimum absolute atomic E-state index is 0.121. The first-order valence-corrected chi connectivity index (χ1v) is 9.60. The van der Waals surface area contributed by atoms with Crippen molar-refractivity contribution in [2.45, 2.75) is 6.61 Å². The molecule has 4 aromatic rings. The summed E-state index contributed by atoms with van der Waals surface area (Å²) in [5.41, 5.74) is 2.28. The van der Waals surface area contributed by atoms with E-state index in [2.05, 4.69) is 10.4 Å². The molecular weight excluding hydrogens is 397 g/mol. The largest absolute Gasteiger partial charge is 0.497 e. The fourth-order valence-electron chi connectivity index (χ4n) is 2.95. The fourth-order valence-corrected chi connectivity index (χ4v) is 2.95. The average Bonchev–Trinajstić information content (AvgIpc) is 3.24. The number of benzene rings is 3. The van der Waals surface area contributed by atoms with Gasteiger partial charge in [0.2, 0.25) is 0 Å². The van der Waals surface area contributed by atoms with Crippen LogP contribution in [-0.4, -0.2) is 22.8 Å². The maximum atomic E-state index is 13.3. The summed E-state index contributed by atoms with van der Waals surface area (Å²) in [7, 11) is 1.58. The van der Waals surface area contributed by atoms with E-state index in [9.17, 15) is 9.18 Å². The maximum absolute atomic E-state index is 13.3. The number of rotatable bonds is 7. The number of halogens is 1. The van der Waals surface area contributed by atoms with Crippen molar-refractivity contribution in [3.05, 3.63) is 102 Å². The Kier molecular flexibility index (Phi) is 5.93. The van der Waals surface area contributed by atoms with E-state index in [1.807, 2.05) is 30.3 Å². The predicted molar refractivity (Wildman–Crippen MR) is 115 cm³/mol. The molecule has 6 nitrogen and oxygen atoms in total. The Balaban J connectivity index is 1.61. The minimum atomic E-state index is -0.422. The molecule has 1 heterocycles. The lowest BCUT2D eigenvalue weighted by molar-refractivity contribution is 0.101. The molecule has 1 aromatic heterocycles. The van der Waals surface area contributed by atoms with Crippen LogP contribution in [0.5, 0.6) is 11.5 Å². The zero-order chi connectivity index (χ0) is 21.6. The summed E-state index contributed by atoms with van der Waals surface area (Å²) in [6.45, 7) is 0.277. The maximum Gasteiger partial charge on any atom is 0.280 e. The smallest absolute Gasteiger partial charge is 0.280 e. The van der Waals surface area contributed by atoms with Gasteiger partial charge < -0.3 is 14.8 Å². The van der Waals surface area contributed by atoms with Crippen molar-refractivity contribution in [3.8, 4) is 17.2 Å². The van der Waals surface area contributed by atoms with Crippen molar-refractivity contribution in [2.75, 3.05) is 12.4 Å². The van der Waals surface area contributed by atoms with Crippen molar-refractivity contribution in [2.24, 2.45) is 0 Å². The molecular formula is C24H20FN3O3. The van der Waals surface area contributed by atoms with Gasteiger partial charge in [0, 0.05) is 5.69 Å². The van der Waals surface area contributed by atoms with Crippen molar-refractivity contribution < 1.29 is 18.7 Å². The van der Waals surface area contributed by atoms with Gasteiger partial charge in [-0.05, 0) is 54.1 Å². The second-order valence-electron chi connectivity index (χ2n) is 6.72. The summed E-state index contributed by atoms with van der Waals surface area (Å²) in [5, 5.41) is 7.20. The summed E-state index contributed by atoms with van der Waals surface area (Å²) in [6, 6.07) is 22.4. The van der Waals surface area contributed by atoms with Gasteiger partial charge in [0.1, 0.15) is 18.2 Å². The van der Waals surface area contributed by atoms with Crippen LogP contribution in [0.2, 0.25) is 0 Å². The molecule has 0 aliphatic heterocycles. The predicted octanol–water partition coefficient (Wildman–Crippen LogP) is 4.85. The first-order valence-electron chi connectivity index (χ1n) is 9.60. The van der Waals surface area contributed by atoms with Crippen LogP contribution in [0.1, 0.15) is 16.1 Å². The Morgan fingerprint density at radius 1 is 1.00 bits per heavy atom. The van der Waals surface area contributed by atoms with E-state index in [1.165, 1.54) is 16.8 Å². The Morgan fingerprint density at radius 3 is 2.39 bits per heavy atom. The van der Waals surface area contributed by atoms with Crippen LogP contribution in [0, 0.1) is 5.82 Å². The Morgan fingerprint density at radius 2 is 1.71 bits per heavy atom. The number of anilines is 1. The SMILES string of the molecule is COc1ccc(NC(=O)c2nn(-c3ccc(F)cc3)cc2OCc2ccccc2)cc1. The van der Waals surface area contributed by atoms with Gasteiger partial charge in [0.05, 0.1) is 19.0 Å². The molecule has 1 amide bonds. The number of nitrogens with zero attached hydrogens (tertiary/aromatic N) is 2. The molecule has 7 heteroatoms. The zero-order valence-corrected chi connectivity index (χ0v) is 16.8. The average molecular weight is 417 g/mol. The van der Waals surface area contributed by atoms with Crippen LogP contribution >= 0.6 is 0 Å². The Hall–Kier alpha value is -4.13. The summed E-state index contributed by atoms with van der Waals surface area (Å²) >= 11 is 0. The number of hydrogen-bond donors (Lipinski definition) is 1. The lowest BCUT2D eigenvalue weighted by Gasteiger charge is -2.07. The number of amides is 1. The number of methoxy groups -OCH3 is 1. The highest BCUT2D eigenvalue weighted by atomic mass is 19.1. The molecule has 0 aliphatic rings. The molecule has 0 atom stereocenters. The molecule has 31 heavy (non-hydrogen) atoms. The number of ether oxygens (including phenoxy) is 2. The van der Waals surface area contributed by atoms with Crippen LogP contribution < -0.4 is 14.8 Å². The second-order valence-corrected chi connectivity index (χ2v) is 6.72. The third-order valence-electron chi connectivity index (χ3n) is 4.57. The van der Waals surface area contributed by atoms with Gasteiger partial charge in [-0.1, -0.05) is 30.3 Å². The first-order chi connectivity index (χ1) is 15.1. The summed E-state index contributed by atoms with van der Waals surface area (Å²) in [4.78, 5) is 12.9. The van der Waals surface area contributed by atoms with E-state index in [-0.39, 0.29) is 18.1 Å². The molecule has 0 fully saturated rings. The van der Waals surface area contributed by atoms with Gasteiger partial charge in [0.15, 0.2) is 11.4 Å². The topological polar surface area (TPSA) is 65.4 Å². The van der Waals surface area contributed by atoms with E-state index in [4.69, 9.17) is 9.47 Å². The molecule has 4 rings (SSSR count). The number of carbonyl (C=O) groups is 1. The van der Waals surface area contributed by atoms with Crippen LogP contribution in [0.3, 0.4) is 0 Å². The third-order valence-corrected chi connectivity index (χ3v) is 4.57. The first kappa shape index (κ1) is 20.2. The van der Waals surface area contributed by atoms with Crippen molar-refractivity contribution in [1.82, 2.24) is 9.78 Å². The summed E-state index contributed by atoms with van der Waals surface area (Å²) in [5.74, 6) is 0.229. The molecule has 0 spiro atoms. The quantitative estimate of drug-likeness (QED) is 0.467. The van der Waals surface area contributed by atoms with Gasteiger partial charge in [-0.3, -0.25) is 4.79 Å². The highest BCUT2D eigenvalue weighted by Crippen LogP contribution is 2.23. The molecule has 3 aromatic carbocycles. The van der Waals surface area contributed by atoms with Crippen molar-refractivity contribution in [1.29, 1.82) is 0 Å². The Labute approximate surface area is 178 Å². The fraction of sp³-hybridized carbons (Fsp3) is 0.0833. The second kappa shape index (κ2) is 9.13. The number of hydrogen-bond acceptors (Lipinski definition) is 4. The lowest BCUT2D eigenvalue weighted by Crippen LogP contribution is -2.14. The molecule has 0 radical (unpaired) electrons. The van der Waals surface area contributed by atoms with Crippen LogP contribution in [0.15, 0.2) is 85.1 Å². The molecule has 0 bridgehead atoms. The minimum Gasteiger partial charge on any atom is -0.497 e. The molecule has 0 saturated carbocycles. The van der Waals surface area contributed by atoms with Crippen LogP contribution in [0.4, 0.5) is 10.1 Å². The molecule has 1 N–H and O–H groups in total. The normalized spacial score (nSPS) is 10.5. The standard InChI is InChI=1S/C24H20FN3O3/c1-30-21-13-9-19(10-14-21)26-24(29)23-22(31-16-17-5-3-2-4-6-17)15-28(27-23)20-11-7-18(25)8-12-20/h2-15H,16H2,1H3,(H,26,29). The van der Waals surface area contributed by atoms with E-state index < -0.39 is 5.91 Å². The van der Waals surface area contributed by atoms with Gasteiger partial charge in [-0.15, -0.1) is 0 Å². The number of aromatic nitrogens is 2. The van der Waals surface area contributed by atoms with Gasteiger partial charge in [0.25, 0.3) is 5.91 Å². The number of nitrogens with one attached hydrogen (secondary N) is 1. The molecule has 0 saturated heterocycles. The van der Waals surface area contributed by atoms with Crippen LogP contribution in [-0.2, 0) is 6.61 Å². The summed E-state index contributed by atoms with van der Waals surface area (Å²) in [6.07, 6.45) is 1.61. The van der Waals surface area contributed by atoms with E-state index in [1.54, 1.807) is 49.7 Å². The third kappa shape index (κ3) is 4.90. The van der Waals surface area contributed by atoms with Crippen LogP contribution in [0.25, 0.3) is 5.69 Å². The molecule has 156 valence electrons. The number of carbonyl (C=O) groups excluding carboxylic acids is 1. The Bertz CT molecular complexity index is 1160. The summed E-state index contributed by atoms with van der Waals surface area (Å²) < 4.78 is 25.8. The van der Waals surface area contributed by atoms with E-state index >= 15 is 0 Å². The van der Waals surface area contributed by atoms with E-state index in [0.29, 0.717) is 22.9 Å². The monoisotopic (exact) mass is 417 g/mol. The zero-order valence-electron chi connectivity index (χ0n) is 16.8. The lowest BCUT2D eigenvalue weighted by atomic mass is 10.2. The molecule has 0 unspecified atom stereocenters. The van der Waals surface area contributed by atoms with Gasteiger partial charge >= 0.3 is 0 Å². The van der Waals surface area contributed by atoms with Gasteiger partial charge in [-0.2, -0.15) is 5.10 Å². The van der Waals surface area contributed by atoms with Crippen molar-refractivity contribution in [3.63, 3.8) is 0 Å². The van der Waals surface area contributed by atoms with Gasteiger partial charge in [-0.25, -0.2) is 9.07 Å².